The first-order chi connectivity index (χ1) is 13.1. The van der Waals surface area contributed by atoms with Crippen LogP contribution < -0.4 is 10.1 Å². The molecule has 1 aromatic carbocycles. The Balaban J connectivity index is 1.59. The third-order valence-electron chi connectivity index (χ3n) is 4.39. The van der Waals surface area contributed by atoms with Crippen molar-refractivity contribution in [3.8, 4) is 5.75 Å². The van der Waals surface area contributed by atoms with Gasteiger partial charge in [-0.1, -0.05) is 18.2 Å². The van der Waals surface area contributed by atoms with Gasteiger partial charge in [-0.15, -0.1) is 0 Å². The number of nitrogens with one attached hydrogen (secondary N) is 2. The number of ether oxygens (including phenoxy) is 1. The Hall–Kier alpha value is -2.90. The quantitative estimate of drug-likeness (QED) is 0.431. The summed E-state index contributed by atoms with van der Waals surface area (Å²) >= 11 is 0. The summed E-state index contributed by atoms with van der Waals surface area (Å²) in [5, 5.41) is 23.4. The van der Waals surface area contributed by atoms with E-state index in [2.05, 4.69) is 15.3 Å². The molecule has 2 atom stereocenters. The number of carboxylic acids is 1. The molecule has 0 saturated heterocycles. The van der Waals surface area contributed by atoms with Crippen molar-refractivity contribution < 1.29 is 19.7 Å². The molecule has 2 aromatic heterocycles. The number of aliphatic hydroxyl groups is 1. The van der Waals surface area contributed by atoms with Gasteiger partial charge in [-0.05, 0) is 37.6 Å². The van der Waals surface area contributed by atoms with Crippen LogP contribution in [0, 0.1) is 0 Å². The van der Waals surface area contributed by atoms with Gasteiger partial charge in [0, 0.05) is 36.1 Å². The summed E-state index contributed by atoms with van der Waals surface area (Å²) in [6, 6.07) is 9.23. The number of rotatable bonds is 9. The van der Waals surface area contributed by atoms with Crippen molar-refractivity contribution in [1.29, 1.82) is 0 Å². The summed E-state index contributed by atoms with van der Waals surface area (Å²) in [5.41, 5.74) is 2.67. The van der Waals surface area contributed by atoms with Crippen LogP contribution in [0.1, 0.15) is 24.2 Å². The number of carboxylic acid groups (broad SMARTS) is 1. The first kappa shape index (κ1) is 18.9. The molecule has 27 heavy (non-hydrogen) atoms. The Kier molecular flexibility index (Phi) is 6.05. The lowest BCUT2D eigenvalue weighted by atomic mass is 10.1. The molecule has 0 spiro atoms. The lowest BCUT2D eigenvalue weighted by molar-refractivity contribution is -0.144. The minimum Gasteiger partial charge on any atom is -0.479 e. The zero-order valence-electron chi connectivity index (χ0n) is 15.1. The van der Waals surface area contributed by atoms with Crippen LogP contribution in [0.5, 0.6) is 5.75 Å². The number of hydrogen-bond donors (Lipinski definition) is 4. The van der Waals surface area contributed by atoms with Crippen LogP contribution in [-0.2, 0) is 11.2 Å². The molecule has 0 fully saturated rings. The number of nitrogens with zero attached hydrogens (tertiary/aromatic N) is 1. The first-order valence-electron chi connectivity index (χ1n) is 8.83. The van der Waals surface area contributed by atoms with Gasteiger partial charge in [0.05, 0.1) is 11.6 Å². The van der Waals surface area contributed by atoms with Gasteiger partial charge in [0.15, 0.2) is 6.10 Å². The van der Waals surface area contributed by atoms with E-state index in [1.54, 1.807) is 24.5 Å². The lowest BCUT2D eigenvalue weighted by Gasteiger charge is -2.12. The number of H-pyrrole nitrogens is 1. The molecule has 0 aliphatic rings. The van der Waals surface area contributed by atoms with Crippen molar-refractivity contribution in [3.63, 3.8) is 0 Å². The average molecular weight is 369 g/mol. The molecular weight excluding hydrogens is 346 g/mol. The van der Waals surface area contributed by atoms with E-state index < -0.39 is 18.2 Å². The van der Waals surface area contributed by atoms with Gasteiger partial charge >= 0.3 is 5.97 Å². The van der Waals surface area contributed by atoms with E-state index in [1.807, 2.05) is 24.4 Å². The molecule has 0 unspecified atom stereocenters. The van der Waals surface area contributed by atoms with Crippen LogP contribution >= 0.6 is 0 Å². The average Bonchev–Trinajstić information content (AvgIpc) is 3.10. The third-order valence-corrected chi connectivity index (χ3v) is 4.39. The third kappa shape index (κ3) is 4.64. The topological polar surface area (TPSA) is 107 Å². The smallest absolute Gasteiger partial charge is 0.344 e. The molecule has 4 N–H and O–H groups in total. The number of para-hydroxylation sites is 1. The lowest BCUT2D eigenvalue weighted by Crippen LogP contribution is -2.23. The SMILES string of the molecule is C[C@@H](Oc1cccc2c(CCNC[C@H](O)c3cccnc3)c[nH]c12)C(=O)O. The van der Waals surface area contributed by atoms with Crippen LogP contribution in [0.25, 0.3) is 10.9 Å². The van der Waals surface area contributed by atoms with E-state index in [-0.39, 0.29) is 0 Å². The van der Waals surface area contributed by atoms with E-state index in [0.717, 1.165) is 28.5 Å². The summed E-state index contributed by atoms with van der Waals surface area (Å²) in [6.07, 6.45) is 4.48. The number of benzene rings is 1. The molecule has 3 aromatic rings. The van der Waals surface area contributed by atoms with Crippen LogP contribution in [0.4, 0.5) is 0 Å². The summed E-state index contributed by atoms with van der Waals surface area (Å²) in [5.74, 6) is -0.483. The van der Waals surface area contributed by atoms with Crippen molar-refractivity contribution >= 4 is 16.9 Å². The maximum atomic E-state index is 11.0. The largest absolute Gasteiger partial charge is 0.479 e. The number of pyridine rings is 1. The van der Waals surface area contributed by atoms with Gasteiger partial charge in [-0.3, -0.25) is 4.98 Å². The van der Waals surface area contributed by atoms with Crippen LogP contribution in [-0.4, -0.2) is 45.3 Å². The van der Waals surface area contributed by atoms with Gasteiger partial charge in [0.2, 0.25) is 0 Å². The Morgan fingerprint density at radius 3 is 2.93 bits per heavy atom. The van der Waals surface area contributed by atoms with E-state index in [9.17, 15) is 9.90 Å². The van der Waals surface area contributed by atoms with Crippen molar-refractivity contribution in [1.82, 2.24) is 15.3 Å². The van der Waals surface area contributed by atoms with Crippen molar-refractivity contribution in [2.24, 2.45) is 0 Å². The zero-order chi connectivity index (χ0) is 19.2. The second-order valence-corrected chi connectivity index (χ2v) is 6.35. The first-order valence-corrected chi connectivity index (χ1v) is 8.83. The van der Waals surface area contributed by atoms with E-state index in [4.69, 9.17) is 9.84 Å². The number of hydrogen-bond acceptors (Lipinski definition) is 5. The second-order valence-electron chi connectivity index (χ2n) is 6.35. The van der Waals surface area contributed by atoms with Crippen LogP contribution in [0.3, 0.4) is 0 Å². The molecular formula is C20H23N3O4. The molecule has 0 radical (unpaired) electrons. The van der Waals surface area contributed by atoms with Crippen LogP contribution in [0.15, 0.2) is 48.9 Å². The molecule has 0 amide bonds. The van der Waals surface area contributed by atoms with Crippen molar-refractivity contribution in [2.45, 2.75) is 25.6 Å². The van der Waals surface area contributed by atoms with E-state index in [1.165, 1.54) is 6.92 Å². The summed E-state index contributed by atoms with van der Waals surface area (Å²) in [7, 11) is 0. The fraction of sp³-hybridized carbons (Fsp3) is 0.300. The molecule has 7 nitrogen and oxygen atoms in total. The zero-order valence-corrected chi connectivity index (χ0v) is 15.1. The monoisotopic (exact) mass is 369 g/mol. The van der Waals surface area contributed by atoms with Gasteiger partial charge < -0.3 is 25.3 Å². The number of aromatic amines is 1. The molecule has 7 heteroatoms. The number of aliphatic hydroxyl groups excluding tert-OH is 1. The maximum absolute atomic E-state index is 11.0. The molecule has 0 bridgehead atoms. The highest BCUT2D eigenvalue weighted by Crippen LogP contribution is 2.28. The standard InChI is InChI=1S/C20H23N3O4/c1-13(20(25)26)27-18-6-2-5-16-14(11-23-19(16)18)7-9-22-12-17(24)15-4-3-8-21-10-15/h2-6,8,10-11,13,17,22-24H,7,9,12H2,1H3,(H,25,26)/t13-,17+/m1/s1. The number of carbonyl (C=O) groups is 1. The predicted molar refractivity (Wildman–Crippen MR) is 102 cm³/mol. The molecule has 0 aliphatic carbocycles. The second kappa shape index (κ2) is 8.66. The van der Waals surface area contributed by atoms with Gasteiger partial charge in [-0.25, -0.2) is 4.79 Å². The molecule has 2 heterocycles. The van der Waals surface area contributed by atoms with Crippen molar-refractivity contribution in [3.05, 3.63) is 60.0 Å². The Labute approximate surface area is 157 Å². The number of aromatic nitrogens is 2. The Bertz CT molecular complexity index is 895. The minimum absolute atomic E-state index is 0.443. The predicted octanol–water partition coefficient (Wildman–Crippen LogP) is 2.28. The fourth-order valence-corrected chi connectivity index (χ4v) is 2.88. The van der Waals surface area contributed by atoms with Gasteiger partial charge in [-0.2, -0.15) is 0 Å². The highest BCUT2D eigenvalue weighted by atomic mass is 16.5. The minimum atomic E-state index is -1.00. The Morgan fingerprint density at radius 2 is 2.19 bits per heavy atom. The van der Waals surface area contributed by atoms with E-state index >= 15 is 0 Å². The summed E-state index contributed by atoms with van der Waals surface area (Å²) in [6.45, 7) is 2.64. The highest BCUT2D eigenvalue weighted by molar-refractivity contribution is 5.88. The van der Waals surface area contributed by atoms with Gasteiger partial charge in [0.1, 0.15) is 5.75 Å². The molecule has 0 saturated carbocycles. The Morgan fingerprint density at radius 1 is 1.33 bits per heavy atom. The maximum Gasteiger partial charge on any atom is 0.344 e. The fourth-order valence-electron chi connectivity index (χ4n) is 2.88. The van der Waals surface area contributed by atoms with Crippen LogP contribution in [0.2, 0.25) is 0 Å². The number of fused-ring (bicyclic) bond motifs is 1. The van der Waals surface area contributed by atoms with Crippen molar-refractivity contribution in [2.75, 3.05) is 13.1 Å². The summed E-state index contributed by atoms with van der Waals surface area (Å²) < 4.78 is 5.52. The highest BCUT2D eigenvalue weighted by Gasteiger charge is 2.15. The number of aliphatic carboxylic acids is 1. The van der Waals surface area contributed by atoms with E-state index in [0.29, 0.717) is 18.8 Å². The van der Waals surface area contributed by atoms with Gasteiger partial charge in [0.25, 0.3) is 0 Å². The molecule has 0 aliphatic heterocycles. The molecule has 3 rings (SSSR count). The molecule has 142 valence electrons. The summed E-state index contributed by atoms with van der Waals surface area (Å²) in [4.78, 5) is 18.2. The normalized spacial score (nSPS) is 13.4.